The summed E-state index contributed by atoms with van der Waals surface area (Å²) in [6.45, 7) is 2.06. The van der Waals surface area contributed by atoms with Gasteiger partial charge in [0.2, 0.25) is 0 Å². The minimum absolute atomic E-state index is 0.307. The lowest BCUT2D eigenvalue weighted by atomic mass is 9.64. The normalized spacial score (nSPS) is 22.8. The molecule has 0 heterocycles. The van der Waals surface area contributed by atoms with Gasteiger partial charge in [0.1, 0.15) is 11.5 Å². The van der Waals surface area contributed by atoms with E-state index in [4.69, 9.17) is 14.2 Å². The second-order valence-electron chi connectivity index (χ2n) is 7.42. The number of unbranched alkanes of at least 4 members (excludes halogenated alkanes) is 1. The first-order valence-electron chi connectivity index (χ1n) is 9.70. The Morgan fingerprint density at radius 3 is 2.38 bits per heavy atom. The van der Waals surface area contributed by atoms with Crippen molar-refractivity contribution in [3.63, 3.8) is 0 Å². The van der Waals surface area contributed by atoms with Gasteiger partial charge in [-0.2, -0.15) is 0 Å². The standard InChI is InChI=1S/C23H27BrO5/c1-5-6-11-22(26)14-15-12-18(27-2)13-19(28-3)20(15)23(22,21(25)29-4)16-7-9-17(24)10-8-16/h7-10,12-13,26H,5-6,11,14H2,1-4H3/t22-,23-/m0/s1. The number of hydrogen-bond donors (Lipinski definition) is 1. The summed E-state index contributed by atoms with van der Waals surface area (Å²) in [6, 6.07) is 11.1. The van der Waals surface area contributed by atoms with E-state index in [2.05, 4.69) is 22.9 Å². The number of carbonyl (C=O) groups excluding carboxylic acids is 1. The van der Waals surface area contributed by atoms with Crippen molar-refractivity contribution >= 4 is 21.9 Å². The number of aliphatic hydroxyl groups is 1. The topological polar surface area (TPSA) is 65.0 Å². The monoisotopic (exact) mass is 462 g/mol. The zero-order chi connectivity index (χ0) is 21.2. The highest BCUT2D eigenvalue weighted by Gasteiger charge is 2.64. The zero-order valence-electron chi connectivity index (χ0n) is 17.3. The van der Waals surface area contributed by atoms with Crippen molar-refractivity contribution in [3.8, 4) is 11.5 Å². The van der Waals surface area contributed by atoms with Gasteiger partial charge < -0.3 is 19.3 Å². The summed E-state index contributed by atoms with van der Waals surface area (Å²) in [5, 5.41) is 12.1. The Morgan fingerprint density at radius 1 is 1.14 bits per heavy atom. The third-order valence-corrected chi connectivity index (χ3v) is 6.41. The molecule has 0 amide bonds. The van der Waals surface area contributed by atoms with E-state index < -0.39 is 17.0 Å². The SMILES string of the molecule is CCCC[C@]1(O)Cc2cc(OC)cc(OC)c2[C@]1(C(=O)OC)c1ccc(Br)cc1. The van der Waals surface area contributed by atoms with Gasteiger partial charge in [-0.05, 0) is 35.7 Å². The quantitative estimate of drug-likeness (QED) is 0.617. The Hall–Kier alpha value is -2.05. The average Bonchev–Trinajstić information content (AvgIpc) is 3.00. The number of rotatable bonds is 7. The number of ether oxygens (including phenoxy) is 3. The van der Waals surface area contributed by atoms with Gasteiger partial charge in [0.25, 0.3) is 0 Å². The molecule has 0 spiro atoms. The van der Waals surface area contributed by atoms with Crippen molar-refractivity contribution in [1.82, 2.24) is 0 Å². The van der Waals surface area contributed by atoms with Crippen molar-refractivity contribution < 1.29 is 24.1 Å². The van der Waals surface area contributed by atoms with Crippen molar-refractivity contribution in [2.75, 3.05) is 21.3 Å². The molecular formula is C23H27BrO5. The summed E-state index contributed by atoms with van der Waals surface area (Å²) in [5.41, 5.74) is -0.605. The largest absolute Gasteiger partial charge is 0.497 e. The number of fused-ring (bicyclic) bond motifs is 1. The molecule has 0 unspecified atom stereocenters. The van der Waals surface area contributed by atoms with E-state index in [-0.39, 0.29) is 0 Å². The Labute approximate surface area is 180 Å². The third-order valence-electron chi connectivity index (χ3n) is 5.88. The highest BCUT2D eigenvalue weighted by Crippen LogP contribution is 2.57. The van der Waals surface area contributed by atoms with E-state index >= 15 is 0 Å². The van der Waals surface area contributed by atoms with Gasteiger partial charge in [-0.25, -0.2) is 0 Å². The fourth-order valence-electron chi connectivity index (χ4n) is 4.59. The molecule has 1 aliphatic carbocycles. The van der Waals surface area contributed by atoms with Crippen LogP contribution in [0.4, 0.5) is 0 Å². The molecule has 0 bridgehead atoms. The molecule has 0 radical (unpaired) electrons. The molecule has 0 fully saturated rings. The molecule has 5 nitrogen and oxygen atoms in total. The number of hydrogen-bond acceptors (Lipinski definition) is 5. The molecular weight excluding hydrogens is 436 g/mol. The van der Waals surface area contributed by atoms with E-state index in [1.165, 1.54) is 7.11 Å². The van der Waals surface area contributed by atoms with Gasteiger partial charge in [0.05, 0.1) is 26.9 Å². The molecule has 0 aromatic heterocycles. The maximum Gasteiger partial charge on any atom is 0.323 e. The molecule has 1 aliphatic rings. The van der Waals surface area contributed by atoms with E-state index in [1.807, 2.05) is 30.3 Å². The lowest BCUT2D eigenvalue weighted by Crippen LogP contribution is -2.55. The lowest BCUT2D eigenvalue weighted by Gasteiger charge is -2.41. The van der Waals surface area contributed by atoms with Crippen LogP contribution in [0.3, 0.4) is 0 Å². The predicted octanol–water partition coefficient (Wildman–Crippen LogP) is 4.40. The zero-order valence-corrected chi connectivity index (χ0v) is 18.8. The van der Waals surface area contributed by atoms with Gasteiger partial charge in [-0.1, -0.05) is 47.8 Å². The van der Waals surface area contributed by atoms with Crippen LogP contribution >= 0.6 is 15.9 Å². The van der Waals surface area contributed by atoms with Crippen LogP contribution in [0.1, 0.15) is 42.9 Å². The first-order valence-corrected chi connectivity index (χ1v) is 10.5. The minimum Gasteiger partial charge on any atom is -0.497 e. The van der Waals surface area contributed by atoms with E-state index in [0.717, 1.165) is 22.9 Å². The summed E-state index contributed by atoms with van der Waals surface area (Å²) >= 11 is 3.46. The highest BCUT2D eigenvalue weighted by molar-refractivity contribution is 9.10. The first-order chi connectivity index (χ1) is 13.9. The van der Waals surface area contributed by atoms with Gasteiger partial charge in [0, 0.05) is 22.5 Å². The molecule has 2 atom stereocenters. The summed E-state index contributed by atoms with van der Waals surface area (Å²) < 4.78 is 17.3. The van der Waals surface area contributed by atoms with Crippen LogP contribution in [0.5, 0.6) is 11.5 Å². The molecule has 2 aromatic rings. The molecule has 3 rings (SSSR count). The minimum atomic E-state index is -1.40. The van der Waals surface area contributed by atoms with Crippen LogP contribution in [0.15, 0.2) is 40.9 Å². The number of carbonyl (C=O) groups is 1. The van der Waals surface area contributed by atoms with E-state index in [0.29, 0.717) is 35.5 Å². The van der Waals surface area contributed by atoms with Crippen LogP contribution in [-0.4, -0.2) is 38.0 Å². The highest BCUT2D eigenvalue weighted by atomic mass is 79.9. The molecule has 156 valence electrons. The molecule has 6 heteroatoms. The molecule has 29 heavy (non-hydrogen) atoms. The molecule has 0 saturated heterocycles. The number of benzene rings is 2. The Balaban J connectivity index is 2.41. The Morgan fingerprint density at radius 2 is 1.83 bits per heavy atom. The van der Waals surface area contributed by atoms with Gasteiger partial charge in [0.15, 0.2) is 5.41 Å². The van der Waals surface area contributed by atoms with Gasteiger partial charge in [-0.15, -0.1) is 0 Å². The second kappa shape index (κ2) is 8.36. The number of methoxy groups -OCH3 is 3. The van der Waals surface area contributed by atoms with Crippen molar-refractivity contribution in [2.45, 2.75) is 43.6 Å². The van der Waals surface area contributed by atoms with Crippen molar-refractivity contribution in [3.05, 3.63) is 57.6 Å². The van der Waals surface area contributed by atoms with Crippen molar-refractivity contribution in [1.29, 1.82) is 0 Å². The molecule has 0 aliphatic heterocycles. The Bertz CT molecular complexity index is 895. The lowest BCUT2D eigenvalue weighted by molar-refractivity contribution is -0.156. The fourth-order valence-corrected chi connectivity index (χ4v) is 4.85. The number of esters is 1. The first kappa shape index (κ1) is 21.7. The predicted molar refractivity (Wildman–Crippen MR) is 115 cm³/mol. The molecule has 2 aromatic carbocycles. The van der Waals surface area contributed by atoms with Crippen LogP contribution in [0, 0.1) is 0 Å². The molecule has 0 saturated carbocycles. The summed E-state index contributed by atoms with van der Waals surface area (Å²) in [5.74, 6) is 0.621. The van der Waals surface area contributed by atoms with Crippen LogP contribution in [-0.2, 0) is 21.4 Å². The Kier molecular flexibility index (Phi) is 6.24. The third kappa shape index (κ3) is 3.32. The number of halogens is 1. The maximum atomic E-state index is 13.5. The van der Waals surface area contributed by atoms with Crippen LogP contribution in [0.25, 0.3) is 0 Å². The van der Waals surface area contributed by atoms with Crippen LogP contribution in [0.2, 0.25) is 0 Å². The van der Waals surface area contributed by atoms with E-state index in [9.17, 15) is 9.90 Å². The average molecular weight is 463 g/mol. The molecule has 1 N–H and O–H groups in total. The maximum absolute atomic E-state index is 13.5. The summed E-state index contributed by atoms with van der Waals surface area (Å²) in [6.07, 6.45) is 2.44. The van der Waals surface area contributed by atoms with Gasteiger partial charge in [-0.3, -0.25) is 4.79 Å². The van der Waals surface area contributed by atoms with Crippen molar-refractivity contribution in [2.24, 2.45) is 0 Å². The smallest absolute Gasteiger partial charge is 0.323 e. The summed E-state index contributed by atoms with van der Waals surface area (Å²) in [4.78, 5) is 13.5. The van der Waals surface area contributed by atoms with Gasteiger partial charge >= 0.3 is 5.97 Å². The summed E-state index contributed by atoms with van der Waals surface area (Å²) in [7, 11) is 4.50. The van der Waals surface area contributed by atoms with Crippen LogP contribution < -0.4 is 9.47 Å². The second-order valence-corrected chi connectivity index (χ2v) is 8.34. The van der Waals surface area contributed by atoms with E-state index in [1.54, 1.807) is 20.3 Å². The fraction of sp³-hybridized carbons (Fsp3) is 0.435.